The van der Waals surface area contributed by atoms with Crippen molar-refractivity contribution in [2.45, 2.75) is 57.6 Å². The molecule has 1 heterocycles. The molecule has 0 aromatic carbocycles. The molecular weight excluding hydrogens is 244 g/mol. The van der Waals surface area contributed by atoms with E-state index in [2.05, 4.69) is 5.32 Å². The van der Waals surface area contributed by atoms with E-state index in [1.54, 1.807) is 6.92 Å². The van der Waals surface area contributed by atoms with Crippen LogP contribution in [0.25, 0.3) is 0 Å². The summed E-state index contributed by atoms with van der Waals surface area (Å²) < 4.78 is 0. The zero-order chi connectivity index (χ0) is 14.0. The summed E-state index contributed by atoms with van der Waals surface area (Å²) in [5, 5.41) is 12.8. The van der Waals surface area contributed by atoms with Crippen molar-refractivity contribution in [3.63, 3.8) is 0 Å². The Morgan fingerprint density at radius 1 is 1.53 bits per heavy atom. The molecule has 2 unspecified atom stereocenters. The topological polar surface area (TPSA) is 69.6 Å². The zero-order valence-electron chi connectivity index (χ0n) is 11.8. The minimum absolute atomic E-state index is 0.1000. The third-order valence-corrected chi connectivity index (χ3v) is 3.95. The molecule has 0 bridgehead atoms. The number of likely N-dealkylation sites (tertiary alicyclic amines) is 1. The Morgan fingerprint density at radius 3 is 2.79 bits per heavy atom. The number of carbonyl (C=O) groups excluding carboxylic acids is 2. The van der Waals surface area contributed by atoms with Crippen LogP contribution in [0.4, 0.5) is 0 Å². The molecule has 1 aliphatic carbocycles. The average Bonchev–Trinajstić information content (AvgIpc) is 3.10. The number of nitrogens with one attached hydrogen (secondary N) is 1. The molecule has 2 atom stereocenters. The van der Waals surface area contributed by atoms with Crippen molar-refractivity contribution < 1.29 is 14.7 Å². The van der Waals surface area contributed by atoms with E-state index in [4.69, 9.17) is 0 Å². The number of aliphatic hydroxyl groups is 1. The molecule has 5 nitrogen and oxygen atoms in total. The first-order valence-corrected chi connectivity index (χ1v) is 7.22. The van der Waals surface area contributed by atoms with Crippen molar-refractivity contribution in [2.75, 3.05) is 13.1 Å². The standard InChI is InChI=1S/C14H24N2O3/c1-3-6-14(2,19)9-15-13(18)10-7-12(17)16(8-10)11-4-5-11/h10-11,19H,3-9H2,1-2H3,(H,15,18). The van der Waals surface area contributed by atoms with Gasteiger partial charge in [0.1, 0.15) is 0 Å². The van der Waals surface area contributed by atoms with Gasteiger partial charge in [-0.2, -0.15) is 0 Å². The number of hydrogen-bond acceptors (Lipinski definition) is 3. The highest BCUT2D eigenvalue weighted by molar-refractivity contribution is 5.89. The molecule has 2 N–H and O–H groups in total. The maximum Gasteiger partial charge on any atom is 0.225 e. The highest BCUT2D eigenvalue weighted by Gasteiger charge is 2.41. The highest BCUT2D eigenvalue weighted by Crippen LogP contribution is 2.32. The maximum atomic E-state index is 12.0. The average molecular weight is 268 g/mol. The molecule has 0 aromatic rings. The van der Waals surface area contributed by atoms with Crippen molar-refractivity contribution in [3.05, 3.63) is 0 Å². The predicted octanol–water partition coefficient (Wildman–Crippen LogP) is 0.665. The Hall–Kier alpha value is -1.10. The Balaban J connectivity index is 1.79. The number of rotatable bonds is 6. The second kappa shape index (κ2) is 5.49. The zero-order valence-corrected chi connectivity index (χ0v) is 11.8. The van der Waals surface area contributed by atoms with Crippen LogP contribution in [0.1, 0.15) is 46.0 Å². The number of nitrogens with zero attached hydrogens (tertiary/aromatic N) is 1. The van der Waals surface area contributed by atoms with Crippen LogP contribution in [0, 0.1) is 5.92 Å². The lowest BCUT2D eigenvalue weighted by Gasteiger charge is -2.24. The lowest BCUT2D eigenvalue weighted by Crippen LogP contribution is -2.43. The van der Waals surface area contributed by atoms with E-state index in [1.807, 2.05) is 11.8 Å². The number of carbonyl (C=O) groups is 2. The minimum atomic E-state index is -0.858. The molecule has 0 radical (unpaired) electrons. The largest absolute Gasteiger partial charge is 0.388 e. The number of hydrogen-bond donors (Lipinski definition) is 2. The summed E-state index contributed by atoms with van der Waals surface area (Å²) in [5.41, 5.74) is -0.858. The molecule has 0 spiro atoms. The monoisotopic (exact) mass is 268 g/mol. The molecule has 2 rings (SSSR count). The molecule has 1 aliphatic heterocycles. The first kappa shape index (κ1) is 14.3. The summed E-state index contributed by atoms with van der Waals surface area (Å²) in [6, 6.07) is 0.383. The van der Waals surface area contributed by atoms with Gasteiger partial charge in [-0.05, 0) is 26.2 Å². The third kappa shape index (κ3) is 3.69. The van der Waals surface area contributed by atoms with Crippen LogP contribution in [0.2, 0.25) is 0 Å². The van der Waals surface area contributed by atoms with Crippen LogP contribution in [-0.4, -0.2) is 46.6 Å². The van der Waals surface area contributed by atoms with E-state index in [-0.39, 0.29) is 24.3 Å². The van der Waals surface area contributed by atoms with Crippen molar-refractivity contribution >= 4 is 11.8 Å². The Kier molecular flexibility index (Phi) is 4.13. The van der Waals surface area contributed by atoms with Gasteiger partial charge < -0.3 is 15.3 Å². The number of amides is 2. The summed E-state index contributed by atoms with van der Waals surface area (Å²) in [6.07, 6.45) is 4.00. The van der Waals surface area contributed by atoms with Gasteiger partial charge in [-0.15, -0.1) is 0 Å². The van der Waals surface area contributed by atoms with Crippen molar-refractivity contribution in [2.24, 2.45) is 5.92 Å². The normalized spacial score (nSPS) is 26.4. The molecule has 5 heteroatoms. The van der Waals surface area contributed by atoms with E-state index in [9.17, 15) is 14.7 Å². The van der Waals surface area contributed by atoms with Crippen LogP contribution < -0.4 is 5.32 Å². The SMILES string of the molecule is CCCC(C)(O)CNC(=O)C1CC(=O)N(C2CC2)C1. The predicted molar refractivity (Wildman–Crippen MR) is 71.4 cm³/mol. The van der Waals surface area contributed by atoms with Gasteiger partial charge in [0.2, 0.25) is 11.8 Å². The highest BCUT2D eigenvalue weighted by atomic mass is 16.3. The summed E-state index contributed by atoms with van der Waals surface area (Å²) in [5.74, 6) is -0.249. The summed E-state index contributed by atoms with van der Waals surface area (Å²) in [6.45, 7) is 4.53. The van der Waals surface area contributed by atoms with E-state index in [0.717, 1.165) is 19.3 Å². The fourth-order valence-electron chi connectivity index (χ4n) is 2.70. The van der Waals surface area contributed by atoms with Crippen molar-refractivity contribution in [3.8, 4) is 0 Å². The maximum absolute atomic E-state index is 12.0. The second-order valence-electron chi connectivity index (χ2n) is 6.14. The summed E-state index contributed by atoms with van der Waals surface area (Å²) in [4.78, 5) is 25.6. The minimum Gasteiger partial charge on any atom is -0.388 e. The van der Waals surface area contributed by atoms with Gasteiger partial charge in [-0.25, -0.2) is 0 Å². The molecule has 108 valence electrons. The van der Waals surface area contributed by atoms with Gasteiger partial charge >= 0.3 is 0 Å². The van der Waals surface area contributed by atoms with Crippen LogP contribution in [-0.2, 0) is 9.59 Å². The molecule has 2 fully saturated rings. The summed E-state index contributed by atoms with van der Waals surface area (Å²) in [7, 11) is 0. The Morgan fingerprint density at radius 2 is 2.21 bits per heavy atom. The van der Waals surface area contributed by atoms with Gasteiger partial charge in [-0.3, -0.25) is 9.59 Å². The van der Waals surface area contributed by atoms with E-state index in [1.165, 1.54) is 0 Å². The van der Waals surface area contributed by atoms with Gasteiger partial charge in [0, 0.05) is 25.6 Å². The molecule has 19 heavy (non-hydrogen) atoms. The first-order chi connectivity index (χ1) is 8.93. The van der Waals surface area contributed by atoms with Gasteiger partial charge in [0.15, 0.2) is 0 Å². The fraction of sp³-hybridized carbons (Fsp3) is 0.857. The Bertz CT molecular complexity index is 364. The first-order valence-electron chi connectivity index (χ1n) is 7.22. The molecular formula is C14H24N2O3. The van der Waals surface area contributed by atoms with E-state index < -0.39 is 5.60 Å². The van der Waals surface area contributed by atoms with Crippen LogP contribution >= 0.6 is 0 Å². The van der Waals surface area contributed by atoms with Gasteiger partial charge in [0.05, 0.1) is 11.5 Å². The molecule has 0 aromatic heterocycles. The lowest BCUT2D eigenvalue weighted by molar-refractivity contribution is -0.129. The quantitative estimate of drug-likeness (QED) is 0.743. The molecule has 1 saturated heterocycles. The molecule has 2 aliphatic rings. The van der Waals surface area contributed by atoms with Crippen LogP contribution in [0.15, 0.2) is 0 Å². The van der Waals surface area contributed by atoms with Crippen molar-refractivity contribution in [1.29, 1.82) is 0 Å². The van der Waals surface area contributed by atoms with Crippen LogP contribution in [0.5, 0.6) is 0 Å². The lowest BCUT2D eigenvalue weighted by atomic mass is 10.00. The van der Waals surface area contributed by atoms with Gasteiger partial charge in [-0.1, -0.05) is 13.3 Å². The van der Waals surface area contributed by atoms with E-state index >= 15 is 0 Å². The smallest absolute Gasteiger partial charge is 0.225 e. The Labute approximate surface area is 114 Å². The van der Waals surface area contributed by atoms with Crippen molar-refractivity contribution in [1.82, 2.24) is 10.2 Å². The summed E-state index contributed by atoms with van der Waals surface area (Å²) >= 11 is 0. The molecule has 2 amide bonds. The molecule has 1 saturated carbocycles. The fourth-order valence-corrected chi connectivity index (χ4v) is 2.70. The van der Waals surface area contributed by atoms with Gasteiger partial charge in [0.25, 0.3) is 0 Å². The third-order valence-electron chi connectivity index (χ3n) is 3.95. The van der Waals surface area contributed by atoms with E-state index in [0.29, 0.717) is 25.4 Å². The van der Waals surface area contributed by atoms with Crippen LogP contribution in [0.3, 0.4) is 0 Å². The second-order valence-corrected chi connectivity index (χ2v) is 6.14.